The first-order valence-electron chi connectivity index (χ1n) is 7.00. The molecule has 1 saturated carbocycles. The number of benzene rings is 1. The minimum Gasteiger partial charge on any atom is -0.319 e. The van der Waals surface area contributed by atoms with Crippen LogP contribution in [0.3, 0.4) is 0 Å². The second-order valence-electron chi connectivity index (χ2n) is 5.41. The van der Waals surface area contributed by atoms with Crippen LogP contribution in [-0.2, 0) is 0 Å². The topological polar surface area (TPSA) is 73.8 Å². The van der Waals surface area contributed by atoms with E-state index in [-0.39, 0.29) is 5.78 Å². The Morgan fingerprint density at radius 2 is 1.85 bits per heavy atom. The normalized spacial score (nSPS) is 17.9. The summed E-state index contributed by atoms with van der Waals surface area (Å²) in [5.74, 6) is -0.0500. The summed E-state index contributed by atoms with van der Waals surface area (Å²) in [6.07, 6.45) is 6.17. The van der Waals surface area contributed by atoms with Crippen molar-refractivity contribution in [2.24, 2.45) is 5.73 Å². The number of Topliss-reactive ketones (excluding diaryl/α,β-unsaturated/α-hetero) is 1. The van der Waals surface area contributed by atoms with Gasteiger partial charge in [-0.1, -0.05) is 42.7 Å². The maximum Gasteiger partial charge on any atom is 0.202 e. The van der Waals surface area contributed by atoms with E-state index in [2.05, 4.69) is 10.3 Å². The van der Waals surface area contributed by atoms with Gasteiger partial charge in [0.2, 0.25) is 5.78 Å². The third-order valence-electron chi connectivity index (χ3n) is 3.98. The Labute approximate surface area is 117 Å². The minimum absolute atomic E-state index is 0.0500. The van der Waals surface area contributed by atoms with Crippen molar-refractivity contribution in [3.05, 3.63) is 42.2 Å². The van der Waals surface area contributed by atoms with Gasteiger partial charge in [0.1, 0.15) is 5.69 Å². The van der Waals surface area contributed by atoms with Crippen molar-refractivity contribution in [3.63, 3.8) is 0 Å². The fourth-order valence-electron chi connectivity index (χ4n) is 2.81. The average Bonchev–Trinajstić information content (AvgIpc) is 2.97. The van der Waals surface area contributed by atoms with Gasteiger partial charge in [-0.3, -0.25) is 4.79 Å². The molecule has 5 heteroatoms. The number of ketones is 1. The number of hydrogen-bond acceptors (Lipinski definition) is 4. The van der Waals surface area contributed by atoms with Crippen LogP contribution in [0.1, 0.15) is 42.6 Å². The summed E-state index contributed by atoms with van der Waals surface area (Å²) in [6.45, 7) is 0. The molecule has 0 saturated heterocycles. The lowest BCUT2D eigenvalue weighted by Crippen LogP contribution is -2.49. The number of nitrogens with zero attached hydrogens (tertiary/aromatic N) is 3. The van der Waals surface area contributed by atoms with Crippen molar-refractivity contribution in [1.82, 2.24) is 15.0 Å². The standard InChI is InChI=1S/C15H18N4O/c16-15(9-5-2-6-10-15)14(20)13-11-17-18-19(13)12-7-3-1-4-8-12/h1,3-4,7-8,11H,2,5-6,9-10,16H2. The SMILES string of the molecule is NC1(C(=O)c2cnnn2-c2ccccc2)CCCCC1. The monoisotopic (exact) mass is 270 g/mol. The van der Waals surface area contributed by atoms with E-state index in [1.807, 2.05) is 30.3 Å². The van der Waals surface area contributed by atoms with Crippen molar-refractivity contribution < 1.29 is 4.79 Å². The van der Waals surface area contributed by atoms with Crippen molar-refractivity contribution in [1.29, 1.82) is 0 Å². The molecule has 0 unspecified atom stereocenters. The van der Waals surface area contributed by atoms with Crippen LogP contribution in [0.4, 0.5) is 0 Å². The quantitative estimate of drug-likeness (QED) is 0.867. The van der Waals surface area contributed by atoms with E-state index in [4.69, 9.17) is 5.73 Å². The summed E-state index contributed by atoms with van der Waals surface area (Å²) in [5.41, 5.74) is 6.86. The summed E-state index contributed by atoms with van der Waals surface area (Å²) in [4.78, 5) is 12.8. The molecular formula is C15H18N4O. The summed E-state index contributed by atoms with van der Waals surface area (Å²) >= 11 is 0. The lowest BCUT2D eigenvalue weighted by Gasteiger charge is -2.31. The van der Waals surface area contributed by atoms with Gasteiger partial charge in [-0.2, -0.15) is 0 Å². The summed E-state index contributed by atoms with van der Waals surface area (Å²) in [7, 11) is 0. The van der Waals surface area contributed by atoms with Crippen LogP contribution in [0, 0.1) is 0 Å². The number of carbonyl (C=O) groups excluding carboxylic acids is 1. The zero-order valence-corrected chi connectivity index (χ0v) is 11.3. The second kappa shape index (κ2) is 5.17. The van der Waals surface area contributed by atoms with E-state index in [9.17, 15) is 4.79 Å². The predicted molar refractivity (Wildman–Crippen MR) is 75.7 cm³/mol. The smallest absolute Gasteiger partial charge is 0.202 e. The molecule has 1 aliphatic rings. The highest BCUT2D eigenvalue weighted by Gasteiger charge is 2.37. The van der Waals surface area contributed by atoms with Gasteiger partial charge in [-0.05, 0) is 25.0 Å². The first kappa shape index (κ1) is 13.0. The van der Waals surface area contributed by atoms with Crippen molar-refractivity contribution >= 4 is 5.78 Å². The number of para-hydroxylation sites is 1. The Hall–Kier alpha value is -2.01. The lowest BCUT2D eigenvalue weighted by atomic mass is 9.78. The van der Waals surface area contributed by atoms with Crippen LogP contribution in [0.25, 0.3) is 5.69 Å². The lowest BCUT2D eigenvalue weighted by molar-refractivity contribution is 0.0839. The first-order valence-corrected chi connectivity index (χ1v) is 7.00. The van der Waals surface area contributed by atoms with E-state index >= 15 is 0 Å². The molecule has 104 valence electrons. The Morgan fingerprint density at radius 1 is 1.15 bits per heavy atom. The van der Waals surface area contributed by atoms with E-state index in [1.165, 1.54) is 6.20 Å². The van der Waals surface area contributed by atoms with Crippen LogP contribution in [-0.4, -0.2) is 26.3 Å². The summed E-state index contributed by atoms with van der Waals surface area (Å²) < 4.78 is 1.57. The Balaban J connectivity index is 1.95. The molecule has 5 nitrogen and oxygen atoms in total. The van der Waals surface area contributed by atoms with Gasteiger partial charge in [0.15, 0.2) is 0 Å². The highest BCUT2D eigenvalue weighted by molar-refractivity contribution is 6.02. The maximum atomic E-state index is 12.8. The summed E-state index contributed by atoms with van der Waals surface area (Å²) in [6, 6.07) is 9.53. The summed E-state index contributed by atoms with van der Waals surface area (Å²) in [5, 5.41) is 7.91. The first-order chi connectivity index (χ1) is 9.71. The molecule has 0 radical (unpaired) electrons. The highest BCUT2D eigenvalue weighted by Crippen LogP contribution is 2.29. The molecule has 0 amide bonds. The van der Waals surface area contributed by atoms with Crippen LogP contribution in [0.2, 0.25) is 0 Å². The zero-order chi connectivity index (χ0) is 14.0. The molecule has 1 aliphatic carbocycles. The van der Waals surface area contributed by atoms with Crippen LogP contribution in [0.15, 0.2) is 36.5 Å². The molecule has 0 spiro atoms. The van der Waals surface area contributed by atoms with E-state index in [0.29, 0.717) is 5.69 Å². The highest BCUT2D eigenvalue weighted by atomic mass is 16.1. The largest absolute Gasteiger partial charge is 0.319 e. The van der Waals surface area contributed by atoms with Gasteiger partial charge in [0.05, 0.1) is 17.4 Å². The number of carbonyl (C=O) groups is 1. The fraction of sp³-hybridized carbons (Fsp3) is 0.400. The van der Waals surface area contributed by atoms with Gasteiger partial charge >= 0.3 is 0 Å². The molecule has 2 N–H and O–H groups in total. The van der Waals surface area contributed by atoms with Crippen LogP contribution in [0.5, 0.6) is 0 Å². The molecule has 1 aromatic carbocycles. The van der Waals surface area contributed by atoms with Crippen molar-refractivity contribution in [3.8, 4) is 5.69 Å². The Bertz CT molecular complexity index is 599. The van der Waals surface area contributed by atoms with Crippen molar-refractivity contribution in [2.45, 2.75) is 37.6 Å². The molecule has 1 fully saturated rings. The minimum atomic E-state index is -0.757. The molecule has 0 atom stereocenters. The average molecular weight is 270 g/mol. The van der Waals surface area contributed by atoms with Crippen LogP contribution < -0.4 is 5.73 Å². The van der Waals surface area contributed by atoms with E-state index < -0.39 is 5.54 Å². The van der Waals surface area contributed by atoms with E-state index in [1.54, 1.807) is 4.68 Å². The molecule has 3 rings (SSSR count). The Kier molecular flexibility index (Phi) is 3.36. The van der Waals surface area contributed by atoms with Gasteiger partial charge in [-0.15, -0.1) is 5.10 Å². The Morgan fingerprint density at radius 3 is 2.55 bits per heavy atom. The van der Waals surface area contributed by atoms with Crippen molar-refractivity contribution in [2.75, 3.05) is 0 Å². The fourth-order valence-corrected chi connectivity index (χ4v) is 2.81. The number of rotatable bonds is 3. The third kappa shape index (κ3) is 2.25. The molecule has 0 aliphatic heterocycles. The molecule has 20 heavy (non-hydrogen) atoms. The molecular weight excluding hydrogens is 252 g/mol. The molecule has 1 aromatic heterocycles. The van der Waals surface area contributed by atoms with Gasteiger partial charge in [-0.25, -0.2) is 4.68 Å². The second-order valence-corrected chi connectivity index (χ2v) is 5.41. The van der Waals surface area contributed by atoms with Gasteiger partial charge in [0, 0.05) is 0 Å². The number of nitrogens with two attached hydrogens (primary N) is 1. The van der Waals surface area contributed by atoms with Gasteiger partial charge in [0.25, 0.3) is 0 Å². The predicted octanol–water partition coefficient (Wildman–Crippen LogP) is 2.11. The van der Waals surface area contributed by atoms with E-state index in [0.717, 1.165) is 37.8 Å². The molecule has 1 heterocycles. The number of hydrogen-bond donors (Lipinski definition) is 1. The maximum absolute atomic E-state index is 12.8. The molecule has 2 aromatic rings. The molecule has 0 bridgehead atoms. The zero-order valence-electron chi connectivity index (χ0n) is 11.3. The van der Waals surface area contributed by atoms with Crippen LogP contribution >= 0.6 is 0 Å². The van der Waals surface area contributed by atoms with Gasteiger partial charge < -0.3 is 5.73 Å². The third-order valence-corrected chi connectivity index (χ3v) is 3.98. The number of aromatic nitrogens is 3.